The number of nitrogens with zero attached hydrogens (tertiary/aromatic N) is 2. The van der Waals surface area contributed by atoms with Crippen molar-refractivity contribution in [3.05, 3.63) is 41.5 Å². The van der Waals surface area contributed by atoms with Crippen LogP contribution in [-0.4, -0.2) is 15.7 Å². The molecule has 0 unspecified atom stereocenters. The minimum Gasteiger partial charge on any atom is -0.399 e. The van der Waals surface area contributed by atoms with E-state index in [0.717, 1.165) is 24.2 Å². The highest BCUT2D eigenvalue weighted by Crippen LogP contribution is 2.17. The lowest BCUT2D eigenvalue weighted by Gasteiger charge is -2.09. The topological polar surface area (TPSA) is 72.9 Å². The lowest BCUT2D eigenvalue weighted by molar-refractivity contribution is -0.117. The molecule has 0 aliphatic heterocycles. The number of anilines is 2. The molecule has 0 bridgehead atoms. The smallest absolute Gasteiger partial charge is 0.246 e. The maximum atomic E-state index is 13.6. The van der Waals surface area contributed by atoms with Gasteiger partial charge in [-0.15, -0.1) is 0 Å². The van der Waals surface area contributed by atoms with Crippen molar-refractivity contribution < 1.29 is 9.18 Å². The van der Waals surface area contributed by atoms with Crippen molar-refractivity contribution in [2.75, 3.05) is 11.1 Å². The van der Waals surface area contributed by atoms with E-state index in [4.69, 9.17) is 5.73 Å². The number of carbonyl (C=O) groups excluding carboxylic acids is 1. The van der Waals surface area contributed by atoms with E-state index in [1.54, 1.807) is 4.68 Å². The minimum absolute atomic E-state index is 0.0530. The first-order valence-corrected chi connectivity index (χ1v) is 6.94. The van der Waals surface area contributed by atoms with Gasteiger partial charge in [-0.2, -0.15) is 5.10 Å². The van der Waals surface area contributed by atoms with Gasteiger partial charge in [0.05, 0.1) is 11.4 Å². The Bertz CT molecular complexity index is 651. The number of halogens is 1. The predicted molar refractivity (Wildman–Crippen MR) is 80.4 cm³/mol. The van der Waals surface area contributed by atoms with Crippen LogP contribution in [0.5, 0.6) is 0 Å². The molecular formula is C15H19FN4O. The van der Waals surface area contributed by atoms with Gasteiger partial charge in [-0.05, 0) is 37.1 Å². The van der Waals surface area contributed by atoms with E-state index in [1.807, 2.05) is 19.9 Å². The van der Waals surface area contributed by atoms with E-state index >= 15 is 0 Å². The second-order valence-corrected chi connectivity index (χ2v) is 4.78. The van der Waals surface area contributed by atoms with Gasteiger partial charge >= 0.3 is 0 Å². The average molecular weight is 290 g/mol. The van der Waals surface area contributed by atoms with Crippen LogP contribution < -0.4 is 11.1 Å². The van der Waals surface area contributed by atoms with Crippen molar-refractivity contribution in [2.24, 2.45) is 0 Å². The fraction of sp³-hybridized carbons (Fsp3) is 0.333. The maximum absolute atomic E-state index is 13.6. The number of hydrogen-bond acceptors (Lipinski definition) is 3. The summed E-state index contributed by atoms with van der Waals surface area (Å²) in [6.45, 7) is 4.06. The lowest BCUT2D eigenvalue weighted by atomic mass is 10.2. The summed E-state index contributed by atoms with van der Waals surface area (Å²) < 4.78 is 15.2. The van der Waals surface area contributed by atoms with Crippen LogP contribution in [-0.2, 0) is 24.2 Å². The van der Waals surface area contributed by atoms with Crippen LogP contribution in [0.15, 0.2) is 24.3 Å². The SMILES string of the molecule is CCc1cc(CC)n(CC(=O)Nc2cc(N)ccc2F)n1. The molecule has 0 aliphatic carbocycles. The van der Waals surface area contributed by atoms with Crippen molar-refractivity contribution in [3.63, 3.8) is 0 Å². The Morgan fingerprint density at radius 2 is 2.10 bits per heavy atom. The van der Waals surface area contributed by atoms with Crippen molar-refractivity contribution in [1.29, 1.82) is 0 Å². The van der Waals surface area contributed by atoms with E-state index in [1.165, 1.54) is 18.2 Å². The summed E-state index contributed by atoms with van der Waals surface area (Å²) in [7, 11) is 0. The number of rotatable bonds is 5. The highest BCUT2D eigenvalue weighted by molar-refractivity contribution is 5.91. The van der Waals surface area contributed by atoms with E-state index < -0.39 is 5.82 Å². The van der Waals surface area contributed by atoms with Crippen LogP contribution >= 0.6 is 0 Å². The molecule has 0 spiro atoms. The highest BCUT2D eigenvalue weighted by atomic mass is 19.1. The molecular weight excluding hydrogens is 271 g/mol. The molecule has 2 rings (SSSR count). The standard InChI is InChI=1S/C15H19FN4O/c1-3-11-8-12(4-2)20(19-11)9-15(21)18-14-7-10(17)5-6-13(14)16/h5-8H,3-4,9,17H2,1-2H3,(H,18,21). The number of aryl methyl sites for hydroxylation is 2. The Kier molecular flexibility index (Phi) is 4.57. The first-order chi connectivity index (χ1) is 10.0. The van der Waals surface area contributed by atoms with Crippen LogP contribution in [0.25, 0.3) is 0 Å². The Balaban J connectivity index is 2.11. The summed E-state index contributed by atoms with van der Waals surface area (Å²) in [6, 6.07) is 6.05. The van der Waals surface area contributed by atoms with E-state index in [0.29, 0.717) is 5.69 Å². The van der Waals surface area contributed by atoms with Gasteiger partial charge in [0.25, 0.3) is 0 Å². The zero-order valence-electron chi connectivity index (χ0n) is 12.2. The summed E-state index contributed by atoms with van der Waals surface area (Å²) in [6.07, 6.45) is 1.60. The van der Waals surface area contributed by atoms with Crippen molar-refractivity contribution in [3.8, 4) is 0 Å². The molecule has 1 aromatic carbocycles. The van der Waals surface area contributed by atoms with Crippen LogP contribution in [0.2, 0.25) is 0 Å². The minimum atomic E-state index is -0.511. The molecule has 112 valence electrons. The Morgan fingerprint density at radius 3 is 2.76 bits per heavy atom. The monoisotopic (exact) mass is 290 g/mol. The average Bonchev–Trinajstić information content (AvgIpc) is 2.85. The first kappa shape index (κ1) is 15.0. The molecule has 3 N–H and O–H groups in total. The molecule has 0 radical (unpaired) electrons. The molecule has 1 amide bonds. The number of benzene rings is 1. The number of nitrogens with one attached hydrogen (secondary N) is 1. The number of carbonyl (C=O) groups is 1. The number of hydrogen-bond donors (Lipinski definition) is 2. The number of amides is 1. The molecule has 0 aliphatic rings. The summed E-state index contributed by atoms with van der Waals surface area (Å²) >= 11 is 0. The maximum Gasteiger partial charge on any atom is 0.246 e. The number of nitrogen functional groups attached to an aromatic ring is 1. The fourth-order valence-electron chi connectivity index (χ4n) is 2.07. The highest BCUT2D eigenvalue weighted by Gasteiger charge is 2.11. The molecule has 1 aromatic heterocycles. The molecule has 0 saturated carbocycles. The first-order valence-electron chi connectivity index (χ1n) is 6.94. The molecule has 5 nitrogen and oxygen atoms in total. The van der Waals surface area contributed by atoms with Gasteiger partial charge < -0.3 is 11.1 Å². The normalized spacial score (nSPS) is 10.6. The number of nitrogens with two attached hydrogens (primary N) is 1. The summed E-state index contributed by atoms with van der Waals surface area (Å²) in [4.78, 5) is 12.0. The largest absolute Gasteiger partial charge is 0.399 e. The van der Waals surface area contributed by atoms with Crippen LogP contribution in [0.3, 0.4) is 0 Å². The molecule has 1 heterocycles. The van der Waals surface area contributed by atoms with E-state index in [2.05, 4.69) is 10.4 Å². The Morgan fingerprint density at radius 1 is 1.33 bits per heavy atom. The Hall–Kier alpha value is -2.37. The number of aromatic nitrogens is 2. The molecule has 0 saturated heterocycles. The van der Waals surface area contributed by atoms with Gasteiger partial charge in [0, 0.05) is 11.4 Å². The van der Waals surface area contributed by atoms with Gasteiger partial charge in [0.2, 0.25) is 5.91 Å². The second-order valence-electron chi connectivity index (χ2n) is 4.78. The summed E-state index contributed by atoms with van der Waals surface area (Å²) in [5, 5.41) is 6.88. The fourth-order valence-corrected chi connectivity index (χ4v) is 2.07. The Labute approximate surface area is 123 Å². The van der Waals surface area contributed by atoms with Gasteiger partial charge in [-0.25, -0.2) is 4.39 Å². The summed E-state index contributed by atoms with van der Waals surface area (Å²) in [5.74, 6) is -0.845. The van der Waals surface area contributed by atoms with E-state index in [9.17, 15) is 9.18 Å². The van der Waals surface area contributed by atoms with Crippen molar-refractivity contribution in [2.45, 2.75) is 33.2 Å². The molecule has 2 aromatic rings. The van der Waals surface area contributed by atoms with Gasteiger partial charge in [0.1, 0.15) is 12.4 Å². The molecule has 21 heavy (non-hydrogen) atoms. The third-order valence-corrected chi connectivity index (χ3v) is 3.20. The summed E-state index contributed by atoms with van der Waals surface area (Å²) in [5.41, 5.74) is 7.99. The molecule has 0 fully saturated rings. The molecule has 0 atom stereocenters. The quantitative estimate of drug-likeness (QED) is 0.830. The third kappa shape index (κ3) is 3.59. The molecule has 6 heteroatoms. The zero-order valence-corrected chi connectivity index (χ0v) is 12.2. The lowest BCUT2D eigenvalue weighted by Crippen LogP contribution is -2.21. The van der Waals surface area contributed by atoms with Gasteiger partial charge in [-0.3, -0.25) is 9.48 Å². The third-order valence-electron chi connectivity index (χ3n) is 3.20. The zero-order chi connectivity index (χ0) is 15.4. The predicted octanol–water partition coefficient (Wildman–Crippen LogP) is 2.37. The van der Waals surface area contributed by atoms with Crippen molar-refractivity contribution >= 4 is 17.3 Å². The van der Waals surface area contributed by atoms with Crippen LogP contribution in [0.4, 0.5) is 15.8 Å². The van der Waals surface area contributed by atoms with E-state index in [-0.39, 0.29) is 18.1 Å². The van der Waals surface area contributed by atoms with Crippen LogP contribution in [0.1, 0.15) is 25.2 Å². The van der Waals surface area contributed by atoms with Crippen LogP contribution in [0, 0.1) is 5.82 Å². The van der Waals surface area contributed by atoms with Gasteiger partial charge in [0.15, 0.2) is 0 Å². The second kappa shape index (κ2) is 6.39. The van der Waals surface area contributed by atoms with Gasteiger partial charge in [-0.1, -0.05) is 13.8 Å². The van der Waals surface area contributed by atoms with Crippen molar-refractivity contribution in [1.82, 2.24) is 9.78 Å².